The topological polar surface area (TPSA) is 21.3 Å². The van der Waals surface area contributed by atoms with Gasteiger partial charge in [0.2, 0.25) is 0 Å². The summed E-state index contributed by atoms with van der Waals surface area (Å²) < 4.78 is 5.87. The maximum Gasteiger partial charge on any atom is 0.119 e. The maximum atomic E-state index is 5.87. The molecule has 0 aliphatic carbocycles. The summed E-state index contributed by atoms with van der Waals surface area (Å²) >= 11 is 0. The molecule has 2 rings (SSSR count). The van der Waals surface area contributed by atoms with Crippen molar-refractivity contribution in [2.24, 2.45) is 0 Å². The van der Waals surface area contributed by atoms with Crippen LogP contribution in [0.25, 0.3) is 11.1 Å². The number of benzene rings is 2. The predicted molar refractivity (Wildman–Crippen MR) is 80.5 cm³/mol. The molecule has 0 radical (unpaired) electrons. The van der Waals surface area contributed by atoms with E-state index < -0.39 is 0 Å². The van der Waals surface area contributed by atoms with Crippen LogP contribution < -0.4 is 10.1 Å². The smallest absolute Gasteiger partial charge is 0.119 e. The Kier molecular flexibility index (Phi) is 4.99. The van der Waals surface area contributed by atoms with Crippen LogP contribution in [0.15, 0.2) is 54.6 Å². The molecule has 2 nitrogen and oxygen atoms in total. The highest BCUT2D eigenvalue weighted by atomic mass is 16.5. The van der Waals surface area contributed by atoms with Gasteiger partial charge in [-0.15, -0.1) is 0 Å². The zero-order chi connectivity index (χ0) is 13.5. The van der Waals surface area contributed by atoms with Crippen molar-refractivity contribution in [3.05, 3.63) is 54.6 Å². The fourth-order valence-electron chi connectivity index (χ4n) is 2.00. The third-order valence-electron chi connectivity index (χ3n) is 3.10. The second-order valence-corrected chi connectivity index (χ2v) is 4.71. The first-order chi connectivity index (χ1) is 9.29. The van der Waals surface area contributed by atoms with Crippen molar-refractivity contribution in [1.29, 1.82) is 0 Å². The molecular formula is C17H21NO. The largest absolute Gasteiger partial charge is 0.491 e. The van der Waals surface area contributed by atoms with Crippen LogP contribution in [-0.2, 0) is 0 Å². The van der Waals surface area contributed by atoms with Gasteiger partial charge in [0.25, 0.3) is 0 Å². The number of hydrogen-bond acceptors (Lipinski definition) is 2. The summed E-state index contributed by atoms with van der Waals surface area (Å²) in [6, 6.07) is 18.7. The van der Waals surface area contributed by atoms with Gasteiger partial charge in [-0.3, -0.25) is 0 Å². The molecule has 2 aromatic carbocycles. The van der Waals surface area contributed by atoms with Gasteiger partial charge < -0.3 is 10.1 Å². The molecular weight excluding hydrogens is 234 g/mol. The first-order valence-corrected chi connectivity index (χ1v) is 6.76. The molecule has 1 atom stereocenters. The molecule has 0 fully saturated rings. The molecule has 19 heavy (non-hydrogen) atoms. The first-order valence-electron chi connectivity index (χ1n) is 6.76. The van der Waals surface area contributed by atoms with Crippen molar-refractivity contribution >= 4 is 0 Å². The standard InChI is InChI=1S/C17H21NO/c1-14(12-13-18-2)19-17-10-8-16(9-11-17)15-6-4-3-5-7-15/h3-11,14,18H,12-13H2,1-2H3. The monoisotopic (exact) mass is 255 g/mol. The van der Waals surface area contributed by atoms with Crippen molar-refractivity contribution < 1.29 is 4.74 Å². The second kappa shape index (κ2) is 6.95. The molecule has 2 heteroatoms. The van der Waals surface area contributed by atoms with Gasteiger partial charge in [-0.05, 0) is 50.2 Å². The minimum absolute atomic E-state index is 0.232. The summed E-state index contributed by atoms with van der Waals surface area (Å²) in [5, 5.41) is 3.13. The highest BCUT2D eigenvalue weighted by Crippen LogP contribution is 2.22. The van der Waals surface area contributed by atoms with E-state index in [9.17, 15) is 0 Å². The van der Waals surface area contributed by atoms with Crippen molar-refractivity contribution in [3.63, 3.8) is 0 Å². The Balaban J connectivity index is 1.99. The van der Waals surface area contributed by atoms with Gasteiger partial charge in [-0.25, -0.2) is 0 Å². The number of nitrogens with one attached hydrogen (secondary N) is 1. The quantitative estimate of drug-likeness (QED) is 0.849. The van der Waals surface area contributed by atoms with Crippen LogP contribution in [0.5, 0.6) is 5.75 Å². The zero-order valence-corrected chi connectivity index (χ0v) is 11.6. The van der Waals surface area contributed by atoms with E-state index in [0.717, 1.165) is 18.7 Å². The normalized spacial score (nSPS) is 12.1. The Morgan fingerprint density at radius 3 is 2.21 bits per heavy atom. The van der Waals surface area contributed by atoms with Crippen LogP contribution in [-0.4, -0.2) is 19.7 Å². The van der Waals surface area contributed by atoms with E-state index in [2.05, 4.69) is 48.6 Å². The van der Waals surface area contributed by atoms with Crippen LogP contribution in [0.4, 0.5) is 0 Å². The maximum absolute atomic E-state index is 5.87. The highest BCUT2D eigenvalue weighted by Gasteiger charge is 2.03. The molecule has 0 aromatic heterocycles. The lowest BCUT2D eigenvalue weighted by atomic mass is 10.1. The van der Waals surface area contributed by atoms with Crippen LogP contribution in [0.1, 0.15) is 13.3 Å². The van der Waals surface area contributed by atoms with E-state index in [1.54, 1.807) is 0 Å². The van der Waals surface area contributed by atoms with E-state index in [-0.39, 0.29) is 6.10 Å². The average Bonchev–Trinajstić information content (AvgIpc) is 2.47. The summed E-state index contributed by atoms with van der Waals surface area (Å²) in [4.78, 5) is 0. The lowest BCUT2D eigenvalue weighted by Gasteiger charge is -2.14. The van der Waals surface area contributed by atoms with Crippen LogP contribution >= 0.6 is 0 Å². The zero-order valence-electron chi connectivity index (χ0n) is 11.6. The minimum Gasteiger partial charge on any atom is -0.491 e. The number of rotatable bonds is 6. The molecule has 0 aliphatic rings. The fourth-order valence-corrected chi connectivity index (χ4v) is 2.00. The molecule has 0 spiro atoms. The van der Waals surface area contributed by atoms with Crippen molar-refractivity contribution in [2.45, 2.75) is 19.4 Å². The van der Waals surface area contributed by atoms with Crippen LogP contribution in [0.3, 0.4) is 0 Å². The molecule has 1 N–H and O–H groups in total. The lowest BCUT2D eigenvalue weighted by molar-refractivity contribution is 0.211. The Labute approximate surface area is 115 Å². The van der Waals surface area contributed by atoms with Crippen molar-refractivity contribution in [3.8, 4) is 16.9 Å². The van der Waals surface area contributed by atoms with Crippen molar-refractivity contribution in [1.82, 2.24) is 5.32 Å². The van der Waals surface area contributed by atoms with E-state index in [0.29, 0.717) is 0 Å². The van der Waals surface area contributed by atoms with Crippen LogP contribution in [0.2, 0.25) is 0 Å². The van der Waals surface area contributed by atoms with Gasteiger partial charge >= 0.3 is 0 Å². The molecule has 0 heterocycles. The molecule has 1 unspecified atom stereocenters. The molecule has 2 aromatic rings. The van der Waals surface area contributed by atoms with E-state index in [1.165, 1.54) is 11.1 Å². The SMILES string of the molecule is CNCCC(C)Oc1ccc(-c2ccccc2)cc1. The lowest BCUT2D eigenvalue weighted by Crippen LogP contribution is -2.19. The molecule has 0 saturated carbocycles. The third kappa shape index (κ3) is 4.11. The van der Waals surface area contributed by atoms with E-state index >= 15 is 0 Å². The molecule has 100 valence electrons. The molecule has 0 aliphatic heterocycles. The summed E-state index contributed by atoms with van der Waals surface area (Å²) in [7, 11) is 1.96. The van der Waals surface area contributed by atoms with E-state index in [4.69, 9.17) is 4.74 Å². The first kappa shape index (κ1) is 13.6. The van der Waals surface area contributed by atoms with Gasteiger partial charge in [0, 0.05) is 0 Å². The van der Waals surface area contributed by atoms with Gasteiger partial charge in [-0.1, -0.05) is 42.5 Å². The van der Waals surface area contributed by atoms with Crippen LogP contribution in [0, 0.1) is 0 Å². The average molecular weight is 255 g/mol. The summed E-state index contributed by atoms with van der Waals surface area (Å²) in [5.74, 6) is 0.934. The minimum atomic E-state index is 0.232. The number of ether oxygens (including phenoxy) is 1. The van der Waals surface area contributed by atoms with Gasteiger partial charge in [0.15, 0.2) is 0 Å². The Morgan fingerprint density at radius 2 is 1.58 bits per heavy atom. The third-order valence-corrected chi connectivity index (χ3v) is 3.10. The van der Waals surface area contributed by atoms with E-state index in [1.807, 2.05) is 25.2 Å². The highest BCUT2D eigenvalue weighted by molar-refractivity contribution is 5.63. The van der Waals surface area contributed by atoms with Gasteiger partial charge in [0.05, 0.1) is 6.10 Å². The predicted octanol–water partition coefficient (Wildman–Crippen LogP) is 3.73. The van der Waals surface area contributed by atoms with Crippen molar-refractivity contribution in [2.75, 3.05) is 13.6 Å². The Hall–Kier alpha value is -1.80. The molecule has 0 saturated heterocycles. The summed E-state index contributed by atoms with van der Waals surface area (Å²) in [6.45, 7) is 3.08. The molecule has 0 bridgehead atoms. The Morgan fingerprint density at radius 1 is 0.947 bits per heavy atom. The fraction of sp³-hybridized carbons (Fsp3) is 0.294. The van der Waals surface area contributed by atoms with Gasteiger partial charge in [-0.2, -0.15) is 0 Å². The number of hydrogen-bond donors (Lipinski definition) is 1. The Bertz CT molecular complexity index is 478. The summed E-state index contributed by atoms with van der Waals surface area (Å²) in [5.41, 5.74) is 2.45. The van der Waals surface area contributed by atoms with Gasteiger partial charge in [0.1, 0.15) is 5.75 Å². The summed E-state index contributed by atoms with van der Waals surface area (Å²) in [6.07, 6.45) is 1.24. The molecule has 0 amide bonds. The second-order valence-electron chi connectivity index (χ2n) is 4.71.